The number of carboxylic acid groups (broad SMARTS) is 3. The third-order valence-corrected chi connectivity index (χ3v) is 5.01. The van der Waals surface area contributed by atoms with E-state index in [0.29, 0.717) is 6.42 Å². The van der Waals surface area contributed by atoms with Crippen molar-refractivity contribution in [1.29, 1.82) is 0 Å². The van der Waals surface area contributed by atoms with Crippen LogP contribution in [0.5, 0.6) is 0 Å². The molecule has 0 aliphatic heterocycles. The molecule has 0 radical (unpaired) electrons. The second-order valence-corrected chi connectivity index (χ2v) is 7.37. The number of rotatable bonds is 18. The normalized spacial score (nSPS) is 14.4. The molecule has 0 heterocycles. The van der Waals surface area contributed by atoms with Crippen LogP contribution >= 0.6 is 0 Å². The van der Waals surface area contributed by atoms with Gasteiger partial charge in [0, 0.05) is 0 Å². The first-order valence-electron chi connectivity index (χ1n) is 10.2. The van der Waals surface area contributed by atoms with Gasteiger partial charge in [0.1, 0.15) is 0 Å². The second-order valence-electron chi connectivity index (χ2n) is 7.37. The van der Waals surface area contributed by atoms with Gasteiger partial charge in [-0.3, -0.25) is 9.59 Å². The van der Waals surface area contributed by atoms with Crippen LogP contribution in [0.2, 0.25) is 0 Å². The molecule has 0 fully saturated rings. The molecule has 0 unspecified atom stereocenters. The Morgan fingerprint density at radius 2 is 1.15 bits per heavy atom. The van der Waals surface area contributed by atoms with Gasteiger partial charge in [0.05, 0.1) is 12.3 Å². The maximum absolute atomic E-state index is 11.3. The van der Waals surface area contributed by atoms with E-state index in [2.05, 4.69) is 6.92 Å². The molecule has 0 aromatic rings. The number of hydrogen-bond donors (Lipinski definition) is 4. The third kappa shape index (κ3) is 11.0. The van der Waals surface area contributed by atoms with Crippen LogP contribution in [0.15, 0.2) is 0 Å². The molecule has 4 N–H and O–H groups in total. The average molecular weight is 389 g/mol. The van der Waals surface area contributed by atoms with Crippen molar-refractivity contribution in [2.24, 2.45) is 5.92 Å². The van der Waals surface area contributed by atoms with Crippen LogP contribution in [0.4, 0.5) is 0 Å². The van der Waals surface area contributed by atoms with Crippen molar-refractivity contribution in [3.8, 4) is 0 Å². The molecule has 2 atom stereocenters. The minimum atomic E-state index is -2.78. The van der Waals surface area contributed by atoms with Crippen LogP contribution in [0.1, 0.15) is 96.8 Å². The van der Waals surface area contributed by atoms with E-state index in [9.17, 15) is 24.6 Å². The van der Waals surface area contributed by atoms with Crippen molar-refractivity contribution in [3.63, 3.8) is 0 Å². The molecule has 0 aromatic carbocycles. The first-order chi connectivity index (χ1) is 12.8. The molecule has 0 aliphatic rings. The summed E-state index contributed by atoms with van der Waals surface area (Å²) in [6.45, 7) is 2.20. The summed E-state index contributed by atoms with van der Waals surface area (Å²) in [6, 6.07) is 0. The van der Waals surface area contributed by atoms with Crippen molar-refractivity contribution in [1.82, 2.24) is 0 Å². The van der Waals surface area contributed by atoms with Gasteiger partial charge in [0.25, 0.3) is 0 Å². The lowest BCUT2D eigenvalue weighted by Crippen LogP contribution is -2.50. The Kier molecular flexibility index (Phi) is 13.6. The molecule has 158 valence electrons. The van der Waals surface area contributed by atoms with E-state index in [4.69, 9.17) is 10.2 Å². The molecular formula is C20H36O7. The largest absolute Gasteiger partial charge is 0.481 e. The van der Waals surface area contributed by atoms with Gasteiger partial charge in [-0.05, 0) is 6.42 Å². The van der Waals surface area contributed by atoms with Gasteiger partial charge in [0.15, 0.2) is 5.60 Å². The van der Waals surface area contributed by atoms with E-state index < -0.39 is 35.8 Å². The minimum Gasteiger partial charge on any atom is -0.481 e. The fourth-order valence-electron chi connectivity index (χ4n) is 3.33. The molecule has 0 aliphatic carbocycles. The topological polar surface area (TPSA) is 132 Å². The van der Waals surface area contributed by atoms with Gasteiger partial charge in [0.2, 0.25) is 0 Å². The van der Waals surface area contributed by atoms with E-state index in [1.54, 1.807) is 0 Å². The van der Waals surface area contributed by atoms with Crippen molar-refractivity contribution in [2.75, 3.05) is 0 Å². The first-order valence-corrected chi connectivity index (χ1v) is 10.2. The number of carboxylic acids is 3. The second kappa shape index (κ2) is 14.4. The van der Waals surface area contributed by atoms with E-state index in [1.165, 1.54) is 44.9 Å². The Hall–Kier alpha value is -1.63. The van der Waals surface area contributed by atoms with Gasteiger partial charge in [-0.25, -0.2) is 4.79 Å². The van der Waals surface area contributed by atoms with E-state index in [0.717, 1.165) is 25.7 Å². The highest BCUT2D eigenvalue weighted by Crippen LogP contribution is 2.28. The van der Waals surface area contributed by atoms with E-state index in [-0.39, 0.29) is 6.42 Å². The van der Waals surface area contributed by atoms with Crippen molar-refractivity contribution < 1.29 is 34.8 Å². The quantitative estimate of drug-likeness (QED) is 0.260. The first kappa shape index (κ1) is 25.4. The Balaban J connectivity index is 4.05. The lowest BCUT2D eigenvalue weighted by Gasteiger charge is -2.28. The highest BCUT2D eigenvalue weighted by Gasteiger charge is 2.49. The predicted molar refractivity (Wildman–Crippen MR) is 102 cm³/mol. The summed E-state index contributed by atoms with van der Waals surface area (Å²) in [5.74, 6) is -6.46. The zero-order valence-corrected chi connectivity index (χ0v) is 16.5. The van der Waals surface area contributed by atoms with Crippen molar-refractivity contribution in [3.05, 3.63) is 0 Å². The number of unbranched alkanes of at least 4 members (excludes halogenated alkanes) is 11. The summed E-state index contributed by atoms with van der Waals surface area (Å²) in [4.78, 5) is 33.4. The van der Waals surface area contributed by atoms with Gasteiger partial charge in [-0.15, -0.1) is 0 Å². The molecule has 0 saturated carbocycles. The van der Waals surface area contributed by atoms with Crippen molar-refractivity contribution >= 4 is 17.9 Å². The predicted octanol–water partition coefficient (Wildman–Crippen LogP) is 4.07. The number of aliphatic hydroxyl groups is 1. The SMILES string of the molecule is CCCCCCCCCCCCCC[C@H](C(=O)O)[C@@](O)(CC(=O)O)C(=O)O. The molecule has 0 spiro atoms. The van der Waals surface area contributed by atoms with E-state index >= 15 is 0 Å². The standard InChI is InChI=1S/C20H36O7/c1-2-3-4-5-6-7-8-9-10-11-12-13-14-16(18(23)24)20(27,19(25)26)15-17(21)22/h16,27H,2-15H2,1H3,(H,21,22)(H,23,24)(H,25,26)/t16-,20+/m1/s1. The number of aliphatic carboxylic acids is 3. The Bertz CT molecular complexity index is 450. The molecule has 0 amide bonds. The van der Waals surface area contributed by atoms with Crippen molar-refractivity contribution in [2.45, 2.75) is 102 Å². The van der Waals surface area contributed by atoms with Gasteiger partial charge in [-0.2, -0.15) is 0 Å². The van der Waals surface area contributed by atoms with Crippen LogP contribution < -0.4 is 0 Å². The van der Waals surface area contributed by atoms with Crippen LogP contribution in [0.3, 0.4) is 0 Å². The Labute approximate surface area is 161 Å². The lowest BCUT2D eigenvalue weighted by molar-refractivity contribution is -0.179. The number of carbonyl (C=O) groups is 3. The molecule has 7 heteroatoms. The summed E-state index contributed by atoms with van der Waals surface area (Å²) >= 11 is 0. The zero-order chi connectivity index (χ0) is 20.7. The highest BCUT2D eigenvalue weighted by atomic mass is 16.4. The molecule has 0 rings (SSSR count). The zero-order valence-electron chi connectivity index (χ0n) is 16.5. The molecule has 7 nitrogen and oxygen atoms in total. The van der Waals surface area contributed by atoms with Crippen LogP contribution in [0.25, 0.3) is 0 Å². The van der Waals surface area contributed by atoms with Crippen LogP contribution in [-0.2, 0) is 14.4 Å². The fraction of sp³-hybridized carbons (Fsp3) is 0.850. The molecule has 27 heavy (non-hydrogen) atoms. The molecule has 0 bridgehead atoms. The summed E-state index contributed by atoms with van der Waals surface area (Å²) in [5.41, 5.74) is -2.78. The lowest BCUT2D eigenvalue weighted by atomic mass is 9.81. The molecule has 0 saturated heterocycles. The van der Waals surface area contributed by atoms with Gasteiger partial charge >= 0.3 is 17.9 Å². The number of hydrogen-bond acceptors (Lipinski definition) is 4. The van der Waals surface area contributed by atoms with E-state index in [1.807, 2.05) is 0 Å². The van der Waals surface area contributed by atoms with Crippen LogP contribution in [-0.4, -0.2) is 43.9 Å². The fourth-order valence-corrected chi connectivity index (χ4v) is 3.33. The molecular weight excluding hydrogens is 352 g/mol. The van der Waals surface area contributed by atoms with Gasteiger partial charge < -0.3 is 20.4 Å². The molecule has 0 aromatic heterocycles. The summed E-state index contributed by atoms with van der Waals surface area (Å²) < 4.78 is 0. The Morgan fingerprint density at radius 1 is 0.741 bits per heavy atom. The summed E-state index contributed by atoms with van der Waals surface area (Å²) in [7, 11) is 0. The smallest absolute Gasteiger partial charge is 0.337 e. The summed E-state index contributed by atoms with van der Waals surface area (Å²) in [5, 5.41) is 37.2. The third-order valence-electron chi connectivity index (χ3n) is 5.01. The Morgan fingerprint density at radius 3 is 1.48 bits per heavy atom. The maximum atomic E-state index is 11.3. The maximum Gasteiger partial charge on any atom is 0.337 e. The van der Waals surface area contributed by atoms with Gasteiger partial charge in [-0.1, -0.05) is 84.0 Å². The minimum absolute atomic E-state index is 0.0527. The average Bonchev–Trinajstić information content (AvgIpc) is 2.57. The van der Waals surface area contributed by atoms with Crippen LogP contribution in [0, 0.1) is 5.92 Å². The summed E-state index contributed by atoms with van der Waals surface area (Å²) in [6.07, 6.45) is 12.0. The highest BCUT2D eigenvalue weighted by molar-refractivity contribution is 5.89. The monoisotopic (exact) mass is 388 g/mol.